The largest absolute Gasteiger partial charge is 0.493 e. The molecule has 0 bridgehead atoms. The van der Waals surface area contributed by atoms with Crippen LogP contribution in [-0.4, -0.2) is 43.7 Å². The Morgan fingerprint density at radius 3 is 2.49 bits per heavy atom. The standard InChI is InChI=1S/C28H25Cl2N3O7S/c1-3-39-28(37)23-17-6-4-5-7-22(17)41-26(23)32-24(34)25(35)33-31-14-15-8-11-20(21(12-15)38-2)40-27(36)16-9-10-18(29)19(30)13-16/h8-14H,3-7H2,1-2H3,(H,32,34)(H,33,35)/b31-14-. The first-order valence-corrected chi connectivity index (χ1v) is 14.1. The van der Waals surface area contributed by atoms with Gasteiger partial charge in [-0.1, -0.05) is 23.2 Å². The molecule has 2 N–H and O–H groups in total. The summed E-state index contributed by atoms with van der Waals surface area (Å²) in [5.74, 6) is -2.84. The minimum atomic E-state index is -1.03. The topological polar surface area (TPSA) is 132 Å². The molecule has 13 heteroatoms. The van der Waals surface area contributed by atoms with Gasteiger partial charge in [-0.25, -0.2) is 15.0 Å². The number of nitrogens with zero attached hydrogens (tertiary/aromatic N) is 1. The number of methoxy groups -OCH3 is 1. The van der Waals surface area contributed by atoms with Crippen molar-refractivity contribution in [2.45, 2.75) is 32.6 Å². The summed E-state index contributed by atoms with van der Waals surface area (Å²) < 4.78 is 15.9. The predicted octanol–water partition coefficient (Wildman–Crippen LogP) is 5.43. The van der Waals surface area contributed by atoms with Gasteiger partial charge in [-0.05, 0) is 80.1 Å². The Morgan fingerprint density at radius 2 is 1.76 bits per heavy atom. The Balaban J connectivity index is 1.39. The maximum Gasteiger partial charge on any atom is 0.343 e. The van der Waals surface area contributed by atoms with Crippen LogP contribution in [-0.2, 0) is 27.2 Å². The second-order valence-corrected chi connectivity index (χ2v) is 10.6. The van der Waals surface area contributed by atoms with Gasteiger partial charge >= 0.3 is 23.8 Å². The molecule has 0 unspecified atom stereocenters. The number of hydrogen-bond donors (Lipinski definition) is 2. The number of anilines is 1. The second kappa shape index (κ2) is 13.6. The molecule has 41 heavy (non-hydrogen) atoms. The lowest BCUT2D eigenvalue weighted by Crippen LogP contribution is -2.32. The molecule has 214 valence electrons. The van der Waals surface area contributed by atoms with Crippen molar-refractivity contribution in [2.75, 3.05) is 19.0 Å². The number of amides is 2. The number of ether oxygens (including phenoxy) is 3. The zero-order chi connectivity index (χ0) is 29.5. The highest BCUT2D eigenvalue weighted by molar-refractivity contribution is 7.17. The van der Waals surface area contributed by atoms with Gasteiger partial charge in [0.1, 0.15) is 5.00 Å². The van der Waals surface area contributed by atoms with Crippen LogP contribution in [0.25, 0.3) is 0 Å². The Morgan fingerprint density at radius 1 is 0.976 bits per heavy atom. The number of aryl methyl sites for hydroxylation is 1. The first-order valence-electron chi connectivity index (χ1n) is 12.5. The van der Waals surface area contributed by atoms with Crippen LogP contribution in [0.1, 0.15) is 56.5 Å². The quantitative estimate of drug-likeness (QED) is 0.113. The molecule has 0 aliphatic heterocycles. The van der Waals surface area contributed by atoms with E-state index in [1.54, 1.807) is 13.0 Å². The van der Waals surface area contributed by atoms with E-state index in [-0.39, 0.29) is 33.7 Å². The fourth-order valence-electron chi connectivity index (χ4n) is 4.08. The van der Waals surface area contributed by atoms with E-state index in [0.29, 0.717) is 22.6 Å². The van der Waals surface area contributed by atoms with Crippen molar-refractivity contribution in [3.05, 3.63) is 73.6 Å². The summed E-state index contributed by atoms with van der Waals surface area (Å²) in [5, 5.41) is 7.16. The number of hydrazone groups is 1. The molecule has 2 amide bonds. The summed E-state index contributed by atoms with van der Waals surface area (Å²) in [4.78, 5) is 51.1. The molecule has 1 aliphatic rings. The number of esters is 2. The molecule has 3 aromatic rings. The molecular weight excluding hydrogens is 593 g/mol. The van der Waals surface area contributed by atoms with Crippen molar-refractivity contribution >= 4 is 69.5 Å². The average molecular weight is 618 g/mol. The van der Waals surface area contributed by atoms with E-state index in [1.807, 2.05) is 0 Å². The van der Waals surface area contributed by atoms with Crippen LogP contribution in [0.2, 0.25) is 10.0 Å². The number of carbonyl (C=O) groups excluding carboxylic acids is 4. The third-order valence-electron chi connectivity index (χ3n) is 6.01. The first-order chi connectivity index (χ1) is 19.7. The number of carbonyl (C=O) groups is 4. The van der Waals surface area contributed by atoms with Gasteiger partial charge in [0.15, 0.2) is 11.5 Å². The number of rotatable bonds is 8. The van der Waals surface area contributed by atoms with Gasteiger partial charge in [-0.2, -0.15) is 5.10 Å². The number of nitrogens with one attached hydrogen (secondary N) is 2. The maximum atomic E-state index is 12.6. The lowest BCUT2D eigenvalue weighted by atomic mass is 9.95. The molecular formula is C28H25Cl2N3O7S. The Kier molecular flexibility index (Phi) is 9.98. The summed E-state index contributed by atoms with van der Waals surface area (Å²) in [5.41, 5.74) is 4.02. The van der Waals surface area contributed by atoms with Crippen LogP contribution >= 0.6 is 34.5 Å². The molecule has 2 aromatic carbocycles. The Bertz CT molecular complexity index is 1540. The number of halogens is 2. The summed E-state index contributed by atoms with van der Waals surface area (Å²) in [6.07, 6.45) is 4.72. The van der Waals surface area contributed by atoms with Crippen molar-refractivity contribution in [2.24, 2.45) is 5.10 Å². The smallest absolute Gasteiger partial charge is 0.343 e. The molecule has 4 rings (SSSR count). The zero-order valence-corrected chi connectivity index (χ0v) is 24.4. The van der Waals surface area contributed by atoms with Gasteiger partial charge in [0.25, 0.3) is 0 Å². The number of benzene rings is 2. The van der Waals surface area contributed by atoms with E-state index < -0.39 is 23.8 Å². The number of fused-ring (bicyclic) bond motifs is 1. The minimum Gasteiger partial charge on any atom is -0.493 e. The molecule has 0 atom stereocenters. The maximum absolute atomic E-state index is 12.6. The van der Waals surface area contributed by atoms with Gasteiger partial charge < -0.3 is 19.5 Å². The second-order valence-electron chi connectivity index (χ2n) is 8.72. The van der Waals surface area contributed by atoms with Crippen LogP contribution in [0, 0.1) is 0 Å². The molecule has 0 spiro atoms. The van der Waals surface area contributed by atoms with Crippen molar-refractivity contribution in [3.63, 3.8) is 0 Å². The van der Waals surface area contributed by atoms with E-state index in [4.69, 9.17) is 37.4 Å². The monoisotopic (exact) mass is 617 g/mol. The third kappa shape index (κ3) is 7.24. The Hall–Kier alpha value is -3.93. The minimum absolute atomic E-state index is 0.139. The lowest BCUT2D eigenvalue weighted by molar-refractivity contribution is -0.136. The number of hydrogen-bond acceptors (Lipinski definition) is 9. The molecule has 0 saturated carbocycles. The van der Waals surface area contributed by atoms with Crippen molar-refractivity contribution in [1.82, 2.24) is 5.43 Å². The van der Waals surface area contributed by atoms with Gasteiger partial charge in [0, 0.05) is 4.88 Å². The molecule has 1 aliphatic carbocycles. The SMILES string of the molecule is CCOC(=O)c1c(NC(=O)C(=O)N/N=C\c2ccc(OC(=O)c3ccc(Cl)c(Cl)c3)c(OC)c2)sc2c1CCCC2. The van der Waals surface area contributed by atoms with E-state index >= 15 is 0 Å². The summed E-state index contributed by atoms with van der Waals surface area (Å²) in [6.45, 7) is 1.89. The average Bonchev–Trinajstić information content (AvgIpc) is 3.33. The summed E-state index contributed by atoms with van der Waals surface area (Å²) >= 11 is 13.1. The van der Waals surface area contributed by atoms with Gasteiger partial charge in [0.05, 0.1) is 41.1 Å². The zero-order valence-electron chi connectivity index (χ0n) is 22.0. The normalized spacial score (nSPS) is 12.4. The van der Waals surface area contributed by atoms with E-state index in [1.165, 1.54) is 55.0 Å². The Labute approximate surface area is 249 Å². The first kappa shape index (κ1) is 30.0. The summed E-state index contributed by atoms with van der Waals surface area (Å²) in [7, 11) is 1.39. The number of thiophene rings is 1. The molecule has 1 heterocycles. The summed E-state index contributed by atoms with van der Waals surface area (Å²) in [6, 6.07) is 8.93. The van der Waals surface area contributed by atoms with Crippen LogP contribution in [0.4, 0.5) is 5.00 Å². The van der Waals surface area contributed by atoms with E-state index in [2.05, 4.69) is 15.8 Å². The van der Waals surface area contributed by atoms with Gasteiger partial charge in [-0.3, -0.25) is 9.59 Å². The molecule has 0 saturated heterocycles. The van der Waals surface area contributed by atoms with Crippen molar-refractivity contribution < 1.29 is 33.4 Å². The van der Waals surface area contributed by atoms with Gasteiger partial charge in [0.2, 0.25) is 0 Å². The van der Waals surface area contributed by atoms with Crippen molar-refractivity contribution in [1.29, 1.82) is 0 Å². The van der Waals surface area contributed by atoms with Crippen LogP contribution in [0.3, 0.4) is 0 Å². The molecule has 10 nitrogen and oxygen atoms in total. The lowest BCUT2D eigenvalue weighted by Gasteiger charge is -2.12. The van der Waals surface area contributed by atoms with Gasteiger partial charge in [-0.15, -0.1) is 11.3 Å². The predicted molar refractivity (Wildman–Crippen MR) is 156 cm³/mol. The van der Waals surface area contributed by atoms with E-state index in [0.717, 1.165) is 29.7 Å². The fraction of sp³-hybridized carbons (Fsp3) is 0.250. The van der Waals surface area contributed by atoms with E-state index in [9.17, 15) is 19.2 Å². The molecule has 0 fully saturated rings. The van der Waals surface area contributed by atoms with Crippen LogP contribution < -0.4 is 20.2 Å². The highest BCUT2D eigenvalue weighted by Crippen LogP contribution is 2.38. The third-order valence-corrected chi connectivity index (χ3v) is 7.96. The highest BCUT2D eigenvalue weighted by atomic mass is 35.5. The fourth-order valence-corrected chi connectivity index (χ4v) is 5.65. The molecule has 0 radical (unpaired) electrons. The van der Waals surface area contributed by atoms with Crippen LogP contribution in [0.5, 0.6) is 11.5 Å². The molecule has 1 aromatic heterocycles. The van der Waals surface area contributed by atoms with Crippen LogP contribution in [0.15, 0.2) is 41.5 Å². The highest BCUT2D eigenvalue weighted by Gasteiger charge is 2.28. The van der Waals surface area contributed by atoms with Crippen molar-refractivity contribution in [3.8, 4) is 11.5 Å².